The SMILES string of the molecule is CC(C)C(C)Nc1ccc(SC2CCCC2)cc1. The maximum absolute atomic E-state index is 3.55. The van der Waals surface area contributed by atoms with E-state index in [0.717, 1.165) is 5.25 Å². The van der Waals surface area contributed by atoms with Crippen molar-refractivity contribution in [1.82, 2.24) is 0 Å². The molecule has 1 N–H and O–H groups in total. The maximum Gasteiger partial charge on any atom is 0.0343 e. The van der Waals surface area contributed by atoms with E-state index in [9.17, 15) is 0 Å². The zero-order valence-electron chi connectivity index (χ0n) is 11.8. The molecule has 1 fully saturated rings. The van der Waals surface area contributed by atoms with Crippen molar-refractivity contribution in [2.24, 2.45) is 5.92 Å². The Kier molecular flexibility index (Phi) is 4.99. The van der Waals surface area contributed by atoms with Crippen LogP contribution in [0.1, 0.15) is 46.5 Å². The molecule has 1 aliphatic carbocycles. The van der Waals surface area contributed by atoms with Crippen LogP contribution in [0.3, 0.4) is 0 Å². The van der Waals surface area contributed by atoms with Crippen LogP contribution in [-0.4, -0.2) is 11.3 Å². The van der Waals surface area contributed by atoms with E-state index in [-0.39, 0.29) is 0 Å². The normalized spacial score (nSPS) is 18.2. The summed E-state index contributed by atoms with van der Waals surface area (Å²) in [6.07, 6.45) is 5.64. The number of rotatable bonds is 5. The zero-order valence-corrected chi connectivity index (χ0v) is 12.6. The average Bonchev–Trinajstić information content (AvgIpc) is 2.84. The maximum atomic E-state index is 3.55. The van der Waals surface area contributed by atoms with Gasteiger partial charge in [0, 0.05) is 21.9 Å². The molecule has 1 aliphatic rings. The Morgan fingerprint density at radius 1 is 1.06 bits per heavy atom. The molecule has 1 aromatic carbocycles. The van der Waals surface area contributed by atoms with E-state index in [0.29, 0.717) is 12.0 Å². The molecule has 0 spiro atoms. The summed E-state index contributed by atoms with van der Waals surface area (Å²) >= 11 is 2.06. The molecule has 2 rings (SSSR count). The third kappa shape index (κ3) is 3.94. The molecule has 2 heteroatoms. The number of benzene rings is 1. The molecule has 1 atom stereocenters. The molecule has 1 nitrogen and oxygen atoms in total. The fourth-order valence-electron chi connectivity index (χ4n) is 2.26. The monoisotopic (exact) mass is 263 g/mol. The third-order valence-corrected chi connectivity index (χ3v) is 5.20. The van der Waals surface area contributed by atoms with Crippen LogP contribution in [0.25, 0.3) is 0 Å². The molecule has 18 heavy (non-hydrogen) atoms. The van der Waals surface area contributed by atoms with Crippen LogP contribution in [0, 0.1) is 5.92 Å². The lowest BCUT2D eigenvalue weighted by atomic mass is 10.1. The van der Waals surface area contributed by atoms with Crippen molar-refractivity contribution >= 4 is 17.4 Å². The quantitative estimate of drug-likeness (QED) is 0.785. The van der Waals surface area contributed by atoms with Gasteiger partial charge in [-0.2, -0.15) is 0 Å². The minimum atomic E-state index is 0.526. The van der Waals surface area contributed by atoms with Crippen molar-refractivity contribution in [3.63, 3.8) is 0 Å². The number of hydrogen-bond donors (Lipinski definition) is 1. The summed E-state index contributed by atoms with van der Waals surface area (Å²) in [5.41, 5.74) is 1.24. The lowest BCUT2D eigenvalue weighted by Gasteiger charge is -2.19. The van der Waals surface area contributed by atoms with Crippen LogP contribution in [0.15, 0.2) is 29.2 Å². The highest BCUT2D eigenvalue weighted by molar-refractivity contribution is 8.00. The fraction of sp³-hybridized carbons (Fsp3) is 0.625. The lowest BCUT2D eigenvalue weighted by Crippen LogP contribution is -2.21. The van der Waals surface area contributed by atoms with Gasteiger partial charge in [-0.25, -0.2) is 0 Å². The van der Waals surface area contributed by atoms with Crippen molar-refractivity contribution in [3.8, 4) is 0 Å². The number of thioether (sulfide) groups is 1. The van der Waals surface area contributed by atoms with E-state index < -0.39 is 0 Å². The summed E-state index contributed by atoms with van der Waals surface area (Å²) in [4.78, 5) is 1.42. The Balaban J connectivity index is 1.88. The van der Waals surface area contributed by atoms with Crippen LogP contribution >= 0.6 is 11.8 Å². The predicted octanol–water partition coefficient (Wildman–Crippen LogP) is 5.18. The average molecular weight is 263 g/mol. The molecule has 1 aromatic rings. The van der Waals surface area contributed by atoms with Gasteiger partial charge in [0.15, 0.2) is 0 Å². The minimum absolute atomic E-state index is 0.526. The van der Waals surface area contributed by atoms with Crippen molar-refractivity contribution in [2.45, 2.75) is 62.6 Å². The van der Waals surface area contributed by atoms with Gasteiger partial charge in [-0.3, -0.25) is 0 Å². The van der Waals surface area contributed by atoms with Crippen LogP contribution in [0.2, 0.25) is 0 Å². The Morgan fingerprint density at radius 2 is 1.67 bits per heavy atom. The summed E-state index contributed by atoms with van der Waals surface area (Å²) in [6, 6.07) is 9.49. The van der Waals surface area contributed by atoms with Gasteiger partial charge in [-0.15, -0.1) is 11.8 Å². The van der Waals surface area contributed by atoms with Crippen molar-refractivity contribution in [3.05, 3.63) is 24.3 Å². The van der Waals surface area contributed by atoms with Crippen LogP contribution in [0.5, 0.6) is 0 Å². The summed E-state index contributed by atoms with van der Waals surface area (Å²) < 4.78 is 0. The second-order valence-corrected chi connectivity index (χ2v) is 7.10. The first-order valence-corrected chi connectivity index (χ1v) is 8.06. The Bertz CT molecular complexity index is 329. The molecule has 1 saturated carbocycles. The lowest BCUT2D eigenvalue weighted by molar-refractivity contribution is 0.560. The zero-order chi connectivity index (χ0) is 13.0. The highest BCUT2D eigenvalue weighted by atomic mass is 32.2. The topological polar surface area (TPSA) is 12.0 Å². The molecule has 100 valence electrons. The van der Waals surface area contributed by atoms with E-state index in [1.807, 2.05) is 0 Å². The number of nitrogens with one attached hydrogen (secondary N) is 1. The van der Waals surface area contributed by atoms with E-state index >= 15 is 0 Å². The van der Waals surface area contributed by atoms with Crippen LogP contribution < -0.4 is 5.32 Å². The van der Waals surface area contributed by atoms with Gasteiger partial charge in [0.25, 0.3) is 0 Å². The van der Waals surface area contributed by atoms with Crippen molar-refractivity contribution in [2.75, 3.05) is 5.32 Å². The molecule has 0 amide bonds. The van der Waals surface area contributed by atoms with Gasteiger partial charge >= 0.3 is 0 Å². The highest BCUT2D eigenvalue weighted by Gasteiger charge is 2.15. The molecule has 0 bridgehead atoms. The Morgan fingerprint density at radius 3 is 2.22 bits per heavy atom. The first-order chi connectivity index (χ1) is 8.65. The van der Waals surface area contributed by atoms with Crippen LogP contribution in [-0.2, 0) is 0 Å². The summed E-state index contributed by atoms with van der Waals surface area (Å²) in [5.74, 6) is 0.664. The first-order valence-electron chi connectivity index (χ1n) is 7.18. The second kappa shape index (κ2) is 6.51. The summed E-state index contributed by atoms with van der Waals surface area (Å²) in [7, 11) is 0. The first kappa shape index (κ1) is 13.8. The van der Waals surface area contributed by atoms with E-state index in [1.165, 1.54) is 36.3 Å². The highest BCUT2D eigenvalue weighted by Crippen LogP contribution is 2.35. The fourth-order valence-corrected chi connectivity index (χ4v) is 3.51. The molecular weight excluding hydrogens is 238 g/mol. The van der Waals surface area contributed by atoms with Crippen molar-refractivity contribution in [1.29, 1.82) is 0 Å². The standard InChI is InChI=1S/C16H25NS/c1-12(2)13(3)17-14-8-10-16(11-9-14)18-15-6-4-5-7-15/h8-13,15,17H,4-7H2,1-3H3. The van der Waals surface area contributed by atoms with Crippen LogP contribution in [0.4, 0.5) is 5.69 Å². The minimum Gasteiger partial charge on any atom is -0.382 e. The molecule has 0 aliphatic heterocycles. The third-order valence-electron chi connectivity index (χ3n) is 3.85. The summed E-state index contributed by atoms with van der Waals surface area (Å²) in [5, 5.41) is 4.41. The smallest absolute Gasteiger partial charge is 0.0343 e. The molecule has 0 radical (unpaired) electrons. The molecular formula is C16H25NS. The van der Waals surface area contributed by atoms with E-state index in [2.05, 4.69) is 62.1 Å². The molecule has 0 aromatic heterocycles. The van der Waals surface area contributed by atoms with Gasteiger partial charge in [-0.05, 0) is 49.9 Å². The Hall–Kier alpha value is -0.630. The van der Waals surface area contributed by atoms with Gasteiger partial charge < -0.3 is 5.32 Å². The van der Waals surface area contributed by atoms with Gasteiger partial charge in [0.1, 0.15) is 0 Å². The van der Waals surface area contributed by atoms with Gasteiger partial charge in [-0.1, -0.05) is 26.7 Å². The number of hydrogen-bond acceptors (Lipinski definition) is 2. The predicted molar refractivity (Wildman–Crippen MR) is 82.5 cm³/mol. The number of anilines is 1. The summed E-state index contributed by atoms with van der Waals surface area (Å²) in [6.45, 7) is 6.75. The largest absolute Gasteiger partial charge is 0.382 e. The molecule has 0 heterocycles. The second-order valence-electron chi connectivity index (χ2n) is 5.73. The molecule has 0 saturated heterocycles. The van der Waals surface area contributed by atoms with E-state index in [4.69, 9.17) is 0 Å². The molecule has 1 unspecified atom stereocenters. The van der Waals surface area contributed by atoms with Gasteiger partial charge in [0.2, 0.25) is 0 Å². The van der Waals surface area contributed by atoms with E-state index in [1.54, 1.807) is 0 Å². The van der Waals surface area contributed by atoms with Crippen molar-refractivity contribution < 1.29 is 0 Å². The Labute approximate surface area is 116 Å². The van der Waals surface area contributed by atoms with Gasteiger partial charge in [0.05, 0.1) is 0 Å².